The summed E-state index contributed by atoms with van der Waals surface area (Å²) in [6.45, 7) is 12.6. The Kier molecular flexibility index (Phi) is 9.42. The van der Waals surface area contributed by atoms with E-state index < -0.39 is 0 Å². The normalized spacial score (nSPS) is 20.7. The van der Waals surface area contributed by atoms with Crippen LogP contribution in [0.1, 0.15) is 92.9 Å². The predicted octanol–water partition coefficient (Wildman–Crippen LogP) is 6.71. The number of hydrogen-bond acceptors (Lipinski definition) is 2. The van der Waals surface area contributed by atoms with Gasteiger partial charge in [-0.1, -0.05) is 34.9 Å². The van der Waals surface area contributed by atoms with Crippen molar-refractivity contribution in [2.24, 2.45) is 0 Å². The zero-order valence-corrected chi connectivity index (χ0v) is 17.3. The molecule has 0 N–H and O–H groups in total. The van der Waals surface area contributed by atoms with Gasteiger partial charge < -0.3 is 9.53 Å². The first kappa shape index (κ1) is 21.9. The molecule has 0 aliphatic carbocycles. The summed E-state index contributed by atoms with van der Waals surface area (Å²) in [6.07, 6.45) is 15.8. The van der Waals surface area contributed by atoms with Gasteiger partial charge in [0.1, 0.15) is 5.78 Å². The van der Waals surface area contributed by atoms with Gasteiger partial charge in [-0.05, 0) is 86.5 Å². The lowest BCUT2D eigenvalue weighted by Crippen LogP contribution is -2.02. The van der Waals surface area contributed by atoms with E-state index in [1.807, 2.05) is 0 Å². The number of epoxide rings is 1. The Hall–Kier alpha value is -1.15. The quantitative estimate of drug-likeness (QED) is 0.290. The largest absolute Gasteiger partial charge is 0.367 e. The van der Waals surface area contributed by atoms with E-state index in [2.05, 4.69) is 52.8 Å². The van der Waals surface area contributed by atoms with Crippen molar-refractivity contribution in [3.63, 3.8) is 0 Å². The molecule has 0 bridgehead atoms. The van der Waals surface area contributed by atoms with Gasteiger partial charge in [0.05, 0.1) is 11.7 Å². The van der Waals surface area contributed by atoms with E-state index >= 15 is 0 Å². The van der Waals surface area contributed by atoms with Gasteiger partial charge in [0.25, 0.3) is 0 Å². The highest BCUT2D eigenvalue weighted by atomic mass is 16.6. The fourth-order valence-corrected chi connectivity index (χ4v) is 3.02. The highest BCUT2D eigenvalue weighted by molar-refractivity contribution is 5.75. The molecule has 1 saturated heterocycles. The highest BCUT2D eigenvalue weighted by Gasteiger charge is 2.46. The predicted molar refractivity (Wildman–Crippen MR) is 108 cm³/mol. The number of allylic oxidation sites excluding steroid dienone is 6. The van der Waals surface area contributed by atoms with E-state index in [-0.39, 0.29) is 11.4 Å². The van der Waals surface area contributed by atoms with Gasteiger partial charge in [-0.2, -0.15) is 0 Å². The molecule has 2 heteroatoms. The van der Waals surface area contributed by atoms with Crippen LogP contribution in [0.25, 0.3) is 0 Å². The number of Topliss-reactive ketones (excluding diaryl/α,β-unsaturated/α-hetero) is 1. The molecule has 0 aromatic carbocycles. The van der Waals surface area contributed by atoms with E-state index in [0.29, 0.717) is 12.5 Å². The van der Waals surface area contributed by atoms with Crippen LogP contribution in [-0.2, 0) is 9.53 Å². The summed E-state index contributed by atoms with van der Waals surface area (Å²) < 4.78 is 5.64. The van der Waals surface area contributed by atoms with Gasteiger partial charge in [-0.15, -0.1) is 0 Å². The molecule has 1 aliphatic rings. The molecular formula is C23H38O2. The molecule has 0 radical (unpaired) electrons. The molecule has 25 heavy (non-hydrogen) atoms. The van der Waals surface area contributed by atoms with Crippen LogP contribution >= 0.6 is 0 Å². The summed E-state index contributed by atoms with van der Waals surface area (Å²) >= 11 is 0. The minimum atomic E-state index is 0.123. The average Bonchev–Trinajstić information content (AvgIpc) is 3.12. The Morgan fingerprint density at radius 2 is 1.20 bits per heavy atom. The summed E-state index contributed by atoms with van der Waals surface area (Å²) in [5, 5.41) is 0. The molecule has 1 atom stereocenters. The number of carbonyl (C=O) groups is 1. The number of rotatable bonds is 12. The van der Waals surface area contributed by atoms with Gasteiger partial charge >= 0.3 is 0 Å². The van der Waals surface area contributed by atoms with Crippen LogP contribution in [0.3, 0.4) is 0 Å². The van der Waals surface area contributed by atoms with Crippen molar-refractivity contribution >= 4 is 5.78 Å². The Balaban J connectivity index is 2.15. The van der Waals surface area contributed by atoms with Gasteiger partial charge in [0.15, 0.2) is 0 Å². The summed E-state index contributed by atoms with van der Waals surface area (Å²) in [7, 11) is 0. The fraction of sp³-hybridized carbons (Fsp3) is 0.696. The second-order valence-electron chi connectivity index (χ2n) is 8.22. The van der Waals surface area contributed by atoms with Crippen molar-refractivity contribution in [2.45, 2.75) is 105 Å². The van der Waals surface area contributed by atoms with Gasteiger partial charge in [-0.25, -0.2) is 0 Å². The fourth-order valence-electron chi connectivity index (χ4n) is 3.02. The monoisotopic (exact) mass is 346 g/mol. The number of ketones is 1. The van der Waals surface area contributed by atoms with E-state index in [4.69, 9.17) is 4.74 Å². The maximum atomic E-state index is 10.9. The molecular weight excluding hydrogens is 308 g/mol. The number of ether oxygens (including phenoxy) is 1. The molecule has 1 rings (SSSR count). The molecule has 0 aromatic rings. The molecule has 0 saturated carbocycles. The Labute approximate surface area is 155 Å². The van der Waals surface area contributed by atoms with Crippen molar-refractivity contribution < 1.29 is 9.53 Å². The van der Waals surface area contributed by atoms with E-state index in [0.717, 1.165) is 44.9 Å². The second kappa shape index (κ2) is 10.8. The first-order valence-electron chi connectivity index (χ1n) is 9.85. The minimum Gasteiger partial charge on any atom is -0.367 e. The molecule has 1 unspecified atom stereocenters. The van der Waals surface area contributed by atoms with E-state index in [1.54, 1.807) is 6.92 Å². The lowest BCUT2D eigenvalue weighted by Gasteiger charge is -2.03. The molecule has 0 aromatic heterocycles. The number of hydrogen-bond donors (Lipinski definition) is 0. The zero-order chi connectivity index (χ0) is 18.9. The average molecular weight is 347 g/mol. The third kappa shape index (κ3) is 10.4. The Bertz CT molecular complexity index is 520. The third-order valence-electron chi connectivity index (χ3n) is 5.02. The molecule has 0 amide bonds. The topological polar surface area (TPSA) is 29.6 Å². The van der Waals surface area contributed by atoms with Gasteiger partial charge in [0, 0.05) is 6.42 Å². The minimum absolute atomic E-state index is 0.123. The SMILES string of the molecule is CC(=O)CCC=C(C)CCC=C(C)CCC=C(C)CCC1OC1(C)C. The smallest absolute Gasteiger partial charge is 0.130 e. The molecule has 1 heterocycles. The van der Waals surface area contributed by atoms with Crippen LogP contribution in [0.15, 0.2) is 34.9 Å². The summed E-state index contributed by atoms with van der Waals surface area (Å²) in [6, 6.07) is 0. The first-order chi connectivity index (χ1) is 11.7. The molecule has 1 fully saturated rings. The zero-order valence-electron chi connectivity index (χ0n) is 17.3. The molecule has 142 valence electrons. The van der Waals surface area contributed by atoms with Crippen LogP contribution in [0, 0.1) is 0 Å². The van der Waals surface area contributed by atoms with E-state index in [1.165, 1.54) is 16.7 Å². The van der Waals surface area contributed by atoms with Crippen molar-refractivity contribution in [3.8, 4) is 0 Å². The van der Waals surface area contributed by atoms with E-state index in [9.17, 15) is 4.79 Å². The maximum absolute atomic E-state index is 10.9. The van der Waals surface area contributed by atoms with Crippen molar-refractivity contribution in [3.05, 3.63) is 34.9 Å². The lowest BCUT2D eigenvalue weighted by atomic mass is 10.0. The van der Waals surface area contributed by atoms with Crippen LogP contribution in [0.4, 0.5) is 0 Å². The van der Waals surface area contributed by atoms with Crippen LogP contribution in [0.2, 0.25) is 0 Å². The second-order valence-corrected chi connectivity index (χ2v) is 8.22. The van der Waals surface area contributed by atoms with Crippen LogP contribution in [-0.4, -0.2) is 17.5 Å². The maximum Gasteiger partial charge on any atom is 0.130 e. The summed E-state index contributed by atoms with van der Waals surface area (Å²) in [4.78, 5) is 10.9. The third-order valence-corrected chi connectivity index (χ3v) is 5.02. The lowest BCUT2D eigenvalue weighted by molar-refractivity contribution is -0.116. The van der Waals surface area contributed by atoms with Crippen molar-refractivity contribution in [2.75, 3.05) is 0 Å². The summed E-state index contributed by atoms with van der Waals surface area (Å²) in [5.74, 6) is 0.275. The Morgan fingerprint density at radius 1 is 0.800 bits per heavy atom. The van der Waals surface area contributed by atoms with Gasteiger partial charge in [-0.3, -0.25) is 0 Å². The molecule has 0 spiro atoms. The van der Waals surface area contributed by atoms with Gasteiger partial charge in [0.2, 0.25) is 0 Å². The standard InChI is InChI=1S/C23H38O2/c1-18(10-7-11-19(2)14-9-15-21(4)24)12-8-13-20(3)16-17-22-23(5,6)25-22/h10,13-14,22H,7-9,11-12,15-17H2,1-6H3. The highest BCUT2D eigenvalue weighted by Crippen LogP contribution is 2.38. The van der Waals surface area contributed by atoms with Crippen molar-refractivity contribution in [1.82, 2.24) is 0 Å². The van der Waals surface area contributed by atoms with Crippen LogP contribution < -0.4 is 0 Å². The number of carbonyl (C=O) groups excluding carboxylic acids is 1. The van der Waals surface area contributed by atoms with Crippen LogP contribution in [0.5, 0.6) is 0 Å². The molecule has 2 nitrogen and oxygen atoms in total. The first-order valence-corrected chi connectivity index (χ1v) is 9.85. The Morgan fingerprint density at radius 3 is 1.60 bits per heavy atom. The van der Waals surface area contributed by atoms with Crippen molar-refractivity contribution in [1.29, 1.82) is 0 Å². The molecule has 1 aliphatic heterocycles. The summed E-state index contributed by atoms with van der Waals surface area (Å²) in [5.41, 5.74) is 4.49.